The minimum atomic E-state index is 1.06. The first-order valence-electron chi connectivity index (χ1n) is 5.65. The van der Waals surface area contributed by atoms with E-state index in [4.69, 9.17) is 0 Å². The summed E-state index contributed by atoms with van der Waals surface area (Å²) in [5, 5.41) is 0. The van der Waals surface area contributed by atoms with Gasteiger partial charge in [-0.25, -0.2) is 4.98 Å². The van der Waals surface area contributed by atoms with Gasteiger partial charge in [-0.05, 0) is 30.5 Å². The second kappa shape index (κ2) is 6.23. The molecule has 0 bridgehead atoms. The van der Waals surface area contributed by atoms with Crippen LogP contribution in [0.3, 0.4) is 0 Å². The molecule has 0 atom stereocenters. The van der Waals surface area contributed by atoms with Gasteiger partial charge in [0.1, 0.15) is 0 Å². The molecule has 0 spiro atoms. The summed E-state index contributed by atoms with van der Waals surface area (Å²) in [5.74, 6) is 0. The number of para-hydroxylation sites is 1. The number of thiazole rings is 1. The number of benzene rings is 1. The summed E-state index contributed by atoms with van der Waals surface area (Å²) in [5.41, 5.74) is 1.10. The smallest absolute Gasteiger partial charge is 0.166 e. The first-order chi connectivity index (χ1) is 7.90. The average Bonchev–Trinajstić information content (AvgIpc) is 2.71. The van der Waals surface area contributed by atoms with E-state index in [9.17, 15) is 0 Å². The van der Waals surface area contributed by atoms with E-state index >= 15 is 0 Å². The molecular formula is C12H16N2S2. The van der Waals surface area contributed by atoms with Crippen LogP contribution in [0.25, 0.3) is 10.2 Å². The number of nitrogens with zero attached hydrogens (tertiary/aromatic N) is 1. The third-order valence-corrected chi connectivity index (χ3v) is 4.26. The minimum absolute atomic E-state index is 1.06. The van der Waals surface area contributed by atoms with Crippen molar-refractivity contribution in [1.82, 2.24) is 9.71 Å². The molecule has 0 unspecified atom stereocenters. The van der Waals surface area contributed by atoms with Gasteiger partial charge in [0.05, 0.1) is 10.2 Å². The summed E-state index contributed by atoms with van der Waals surface area (Å²) in [6.45, 7) is 3.29. The summed E-state index contributed by atoms with van der Waals surface area (Å²) in [6, 6.07) is 8.27. The van der Waals surface area contributed by atoms with Gasteiger partial charge in [-0.1, -0.05) is 31.9 Å². The Hall–Kier alpha value is -0.580. The summed E-state index contributed by atoms with van der Waals surface area (Å²) in [6.07, 6.45) is 3.81. The van der Waals surface area contributed by atoms with Gasteiger partial charge in [0, 0.05) is 6.54 Å². The van der Waals surface area contributed by atoms with Crippen molar-refractivity contribution in [2.45, 2.75) is 30.5 Å². The molecule has 16 heavy (non-hydrogen) atoms. The third kappa shape index (κ3) is 3.20. The number of hydrogen-bond donors (Lipinski definition) is 1. The van der Waals surface area contributed by atoms with Crippen LogP contribution in [-0.2, 0) is 0 Å². The number of nitrogens with one attached hydrogen (secondary N) is 1. The van der Waals surface area contributed by atoms with Crippen molar-refractivity contribution in [2.75, 3.05) is 6.54 Å². The Morgan fingerprint density at radius 1 is 1.31 bits per heavy atom. The van der Waals surface area contributed by atoms with Crippen LogP contribution in [0.1, 0.15) is 26.2 Å². The zero-order valence-corrected chi connectivity index (χ0v) is 11.0. The zero-order chi connectivity index (χ0) is 11.2. The van der Waals surface area contributed by atoms with Gasteiger partial charge in [0.2, 0.25) is 0 Å². The second-order valence-electron chi connectivity index (χ2n) is 3.65. The highest BCUT2D eigenvalue weighted by atomic mass is 32.2. The molecule has 1 aromatic heterocycles. The maximum Gasteiger partial charge on any atom is 0.166 e. The molecule has 1 N–H and O–H groups in total. The van der Waals surface area contributed by atoms with Crippen LogP contribution < -0.4 is 4.72 Å². The Bertz CT molecular complexity index is 406. The summed E-state index contributed by atoms with van der Waals surface area (Å²) in [7, 11) is 0. The molecular weight excluding hydrogens is 236 g/mol. The lowest BCUT2D eigenvalue weighted by Gasteiger charge is -1.99. The van der Waals surface area contributed by atoms with Gasteiger partial charge >= 0.3 is 0 Å². The molecule has 2 nitrogen and oxygen atoms in total. The van der Waals surface area contributed by atoms with Crippen LogP contribution in [0, 0.1) is 0 Å². The predicted molar refractivity (Wildman–Crippen MR) is 73.0 cm³/mol. The van der Waals surface area contributed by atoms with Crippen molar-refractivity contribution in [1.29, 1.82) is 0 Å². The molecule has 86 valence electrons. The van der Waals surface area contributed by atoms with E-state index in [1.807, 2.05) is 6.07 Å². The molecule has 0 fully saturated rings. The zero-order valence-electron chi connectivity index (χ0n) is 9.40. The highest BCUT2D eigenvalue weighted by Gasteiger charge is 2.02. The van der Waals surface area contributed by atoms with Gasteiger partial charge in [-0.15, -0.1) is 11.3 Å². The first kappa shape index (κ1) is 11.9. The molecule has 1 heterocycles. The van der Waals surface area contributed by atoms with E-state index in [1.165, 1.54) is 24.0 Å². The van der Waals surface area contributed by atoms with Crippen LogP contribution in [0.2, 0.25) is 0 Å². The highest BCUT2D eigenvalue weighted by molar-refractivity contribution is 7.99. The van der Waals surface area contributed by atoms with Crippen molar-refractivity contribution in [3.8, 4) is 0 Å². The Kier molecular flexibility index (Phi) is 4.63. The summed E-state index contributed by atoms with van der Waals surface area (Å²) in [4.78, 5) is 4.55. The molecule has 0 radical (unpaired) electrons. The molecule has 0 aliphatic heterocycles. The molecule has 0 saturated carbocycles. The monoisotopic (exact) mass is 252 g/mol. The van der Waals surface area contributed by atoms with Gasteiger partial charge in [-0.2, -0.15) is 0 Å². The molecule has 4 heteroatoms. The first-order valence-corrected chi connectivity index (χ1v) is 7.28. The second-order valence-corrected chi connectivity index (χ2v) is 5.82. The van der Waals surface area contributed by atoms with Crippen molar-refractivity contribution >= 4 is 33.5 Å². The maximum absolute atomic E-state index is 4.55. The van der Waals surface area contributed by atoms with E-state index in [-0.39, 0.29) is 0 Å². The quantitative estimate of drug-likeness (QED) is 0.619. The van der Waals surface area contributed by atoms with Gasteiger partial charge in [0.25, 0.3) is 0 Å². The van der Waals surface area contributed by atoms with E-state index in [0.29, 0.717) is 0 Å². The standard InChI is InChI=1S/C12H16N2S2/c1-2-3-6-9-13-16-12-14-10-7-4-5-8-11(10)15-12/h4-5,7-8,13H,2-3,6,9H2,1H3. The molecule has 0 amide bonds. The lowest BCUT2D eigenvalue weighted by atomic mass is 10.3. The molecule has 0 saturated heterocycles. The van der Waals surface area contributed by atoms with Gasteiger partial charge < -0.3 is 0 Å². The Labute approximate surface area is 105 Å². The Morgan fingerprint density at radius 3 is 3.00 bits per heavy atom. The summed E-state index contributed by atoms with van der Waals surface area (Å²) < 4.78 is 5.74. The van der Waals surface area contributed by atoms with E-state index < -0.39 is 0 Å². The van der Waals surface area contributed by atoms with E-state index in [1.54, 1.807) is 23.3 Å². The van der Waals surface area contributed by atoms with Crippen molar-refractivity contribution in [3.05, 3.63) is 24.3 Å². The fraction of sp³-hybridized carbons (Fsp3) is 0.417. The normalized spacial score (nSPS) is 11.1. The summed E-state index contributed by atoms with van der Waals surface area (Å²) >= 11 is 3.40. The van der Waals surface area contributed by atoms with Crippen LogP contribution in [0.4, 0.5) is 0 Å². The van der Waals surface area contributed by atoms with Crippen molar-refractivity contribution in [3.63, 3.8) is 0 Å². The number of aromatic nitrogens is 1. The fourth-order valence-electron chi connectivity index (χ4n) is 1.45. The average molecular weight is 252 g/mol. The van der Waals surface area contributed by atoms with E-state index in [2.05, 4.69) is 34.8 Å². The highest BCUT2D eigenvalue weighted by Crippen LogP contribution is 2.27. The van der Waals surface area contributed by atoms with Crippen LogP contribution >= 0.6 is 23.3 Å². The van der Waals surface area contributed by atoms with Gasteiger partial charge in [0.15, 0.2) is 4.34 Å². The molecule has 1 aromatic carbocycles. The minimum Gasteiger partial charge on any atom is -0.258 e. The lowest BCUT2D eigenvalue weighted by Crippen LogP contribution is -2.04. The van der Waals surface area contributed by atoms with Crippen LogP contribution in [-0.4, -0.2) is 11.5 Å². The van der Waals surface area contributed by atoms with Crippen LogP contribution in [0.5, 0.6) is 0 Å². The number of unbranched alkanes of at least 4 members (excludes halogenated alkanes) is 2. The third-order valence-electron chi connectivity index (χ3n) is 2.32. The van der Waals surface area contributed by atoms with Gasteiger partial charge in [-0.3, -0.25) is 4.72 Å². The molecule has 0 aliphatic rings. The fourth-order valence-corrected chi connectivity index (χ4v) is 3.28. The van der Waals surface area contributed by atoms with E-state index in [0.717, 1.165) is 16.4 Å². The lowest BCUT2D eigenvalue weighted by molar-refractivity contribution is 0.709. The largest absolute Gasteiger partial charge is 0.258 e. The Balaban J connectivity index is 1.85. The Morgan fingerprint density at radius 2 is 2.19 bits per heavy atom. The molecule has 2 aromatic rings. The predicted octanol–water partition coefficient (Wildman–Crippen LogP) is 4.08. The van der Waals surface area contributed by atoms with Crippen molar-refractivity contribution < 1.29 is 0 Å². The maximum atomic E-state index is 4.55. The van der Waals surface area contributed by atoms with Crippen molar-refractivity contribution in [2.24, 2.45) is 0 Å². The SMILES string of the molecule is CCCCCNSc1nc2ccccc2s1. The topological polar surface area (TPSA) is 24.9 Å². The molecule has 0 aliphatic carbocycles. The molecule has 2 rings (SSSR count). The number of rotatable bonds is 6. The number of hydrogen-bond acceptors (Lipinski definition) is 4. The van der Waals surface area contributed by atoms with Crippen LogP contribution in [0.15, 0.2) is 28.6 Å². The number of fused-ring (bicyclic) bond motifs is 1.